The van der Waals surface area contributed by atoms with Crippen molar-refractivity contribution in [2.75, 3.05) is 5.73 Å². The zero-order valence-corrected chi connectivity index (χ0v) is 16.1. The highest BCUT2D eigenvalue weighted by Gasteiger charge is 2.15. The summed E-state index contributed by atoms with van der Waals surface area (Å²) in [6.07, 6.45) is 4.89. The van der Waals surface area contributed by atoms with Crippen molar-refractivity contribution in [1.29, 1.82) is 0 Å². The van der Waals surface area contributed by atoms with Gasteiger partial charge in [0.1, 0.15) is 5.65 Å². The summed E-state index contributed by atoms with van der Waals surface area (Å²) in [5, 5.41) is 1.17. The summed E-state index contributed by atoms with van der Waals surface area (Å²) in [6.45, 7) is 4.22. The van der Waals surface area contributed by atoms with Crippen molar-refractivity contribution >= 4 is 28.6 Å². The summed E-state index contributed by atoms with van der Waals surface area (Å²) in [4.78, 5) is 29.9. The highest BCUT2D eigenvalue weighted by molar-refractivity contribution is 6.33. The molecule has 0 aliphatic rings. The van der Waals surface area contributed by atoms with Crippen LogP contribution in [0.1, 0.15) is 12.6 Å². The summed E-state index contributed by atoms with van der Waals surface area (Å²) < 4.78 is 1.57. The van der Waals surface area contributed by atoms with Gasteiger partial charge in [0.25, 0.3) is 5.56 Å². The van der Waals surface area contributed by atoms with E-state index in [2.05, 4.69) is 19.9 Å². The Morgan fingerprint density at radius 3 is 2.61 bits per heavy atom. The largest absolute Gasteiger partial charge is 0.368 e. The van der Waals surface area contributed by atoms with Crippen LogP contribution in [0.3, 0.4) is 0 Å². The second-order valence-corrected chi connectivity index (χ2v) is 6.71. The van der Waals surface area contributed by atoms with Gasteiger partial charge in [-0.15, -0.1) is 0 Å². The summed E-state index contributed by atoms with van der Waals surface area (Å²) in [5.41, 5.74) is 9.53. The molecule has 0 saturated heterocycles. The van der Waals surface area contributed by atoms with E-state index >= 15 is 0 Å². The average molecular weight is 393 g/mol. The second kappa shape index (κ2) is 7.01. The fraction of sp³-hybridized carbons (Fsp3) is 0.150. The maximum absolute atomic E-state index is 13.1. The lowest BCUT2D eigenvalue weighted by Gasteiger charge is -2.12. The predicted molar refractivity (Wildman–Crippen MR) is 110 cm³/mol. The van der Waals surface area contributed by atoms with Gasteiger partial charge < -0.3 is 5.73 Å². The normalized spacial score (nSPS) is 11.1. The third-order valence-corrected chi connectivity index (χ3v) is 4.89. The van der Waals surface area contributed by atoms with E-state index in [4.69, 9.17) is 17.3 Å². The molecule has 2 N–H and O–H groups in total. The molecule has 7 nitrogen and oxygen atoms in total. The second-order valence-electron chi connectivity index (χ2n) is 6.30. The summed E-state index contributed by atoms with van der Waals surface area (Å²) >= 11 is 6.56. The number of halogens is 1. The lowest BCUT2D eigenvalue weighted by molar-refractivity contribution is 0.751. The standard InChI is InChI=1S/C20H17ClN6O/c1-3-27-18-13(10-25-20(22)26-18)8-15(19(27)28)14-5-4-12(9-16(14)21)17-11(2)23-6-7-24-17/h4-10H,3H2,1-2H3,(H2,22,25,26). The van der Waals surface area contributed by atoms with Crippen LogP contribution in [0, 0.1) is 6.92 Å². The summed E-state index contributed by atoms with van der Waals surface area (Å²) in [7, 11) is 0. The Morgan fingerprint density at radius 1 is 1.11 bits per heavy atom. The number of nitrogens with two attached hydrogens (primary N) is 1. The van der Waals surface area contributed by atoms with Gasteiger partial charge in [0.05, 0.1) is 11.4 Å². The minimum absolute atomic E-state index is 0.128. The number of nitrogen functional groups attached to an aromatic ring is 1. The number of nitrogens with zero attached hydrogens (tertiary/aromatic N) is 5. The minimum atomic E-state index is -0.182. The zero-order valence-electron chi connectivity index (χ0n) is 15.3. The molecule has 1 aromatic carbocycles. The van der Waals surface area contributed by atoms with Crippen LogP contribution < -0.4 is 11.3 Å². The lowest BCUT2D eigenvalue weighted by Crippen LogP contribution is -2.22. The number of rotatable bonds is 3. The number of benzene rings is 1. The van der Waals surface area contributed by atoms with Gasteiger partial charge in [-0.3, -0.25) is 19.3 Å². The van der Waals surface area contributed by atoms with E-state index in [0.717, 1.165) is 22.3 Å². The van der Waals surface area contributed by atoms with Gasteiger partial charge in [-0.25, -0.2) is 4.98 Å². The highest BCUT2D eigenvalue weighted by Crippen LogP contribution is 2.32. The predicted octanol–water partition coefficient (Wildman–Crippen LogP) is 3.48. The van der Waals surface area contributed by atoms with Crippen molar-refractivity contribution in [3.05, 3.63) is 63.9 Å². The van der Waals surface area contributed by atoms with Crippen LogP contribution in [0.15, 0.2) is 47.7 Å². The number of anilines is 1. The maximum Gasteiger partial charge on any atom is 0.260 e. The maximum atomic E-state index is 13.1. The van der Waals surface area contributed by atoms with E-state index < -0.39 is 0 Å². The molecule has 0 atom stereocenters. The first-order valence-corrected chi connectivity index (χ1v) is 9.11. The number of hydrogen-bond acceptors (Lipinski definition) is 6. The van der Waals surface area contributed by atoms with E-state index in [9.17, 15) is 4.79 Å². The molecule has 0 fully saturated rings. The van der Waals surface area contributed by atoms with Gasteiger partial charge in [-0.2, -0.15) is 4.98 Å². The minimum Gasteiger partial charge on any atom is -0.368 e. The van der Waals surface area contributed by atoms with E-state index in [-0.39, 0.29) is 11.5 Å². The SMILES string of the molecule is CCn1c(=O)c(-c2ccc(-c3nccnc3C)cc2Cl)cc2cnc(N)nc21. The fourth-order valence-corrected chi connectivity index (χ4v) is 3.51. The molecule has 0 unspecified atom stereocenters. The van der Waals surface area contributed by atoms with Gasteiger partial charge in [0.15, 0.2) is 0 Å². The number of aryl methyl sites for hydroxylation is 2. The molecule has 140 valence electrons. The molecule has 0 amide bonds. The van der Waals surface area contributed by atoms with Crippen molar-refractivity contribution in [2.45, 2.75) is 20.4 Å². The topological polar surface area (TPSA) is 99.6 Å². The van der Waals surface area contributed by atoms with Crippen LogP contribution >= 0.6 is 11.6 Å². The van der Waals surface area contributed by atoms with Gasteiger partial charge in [0.2, 0.25) is 5.95 Å². The first-order valence-electron chi connectivity index (χ1n) is 8.73. The van der Waals surface area contributed by atoms with Crippen LogP contribution in [-0.4, -0.2) is 24.5 Å². The smallest absolute Gasteiger partial charge is 0.260 e. The first-order chi connectivity index (χ1) is 13.5. The number of pyridine rings is 1. The van der Waals surface area contributed by atoms with Crippen LogP contribution in [0.4, 0.5) is 5.95 Å². The molecular weight excluding hydrogens is 376 g/mol. The Balaban J connectivity index is 1.91. The van der Waals surface area contributed by atoms with Crippen molar-refractivity contribution < 1.29 is 0 Å². The molecular formula is C20H17ClN6O. The van der Waals surface area contributed by atoms with E-state index in [1.165, 1.54) is 0 Å². The highest BCUT2D eigenvalue weighted by atomic mass is 35.5. The number of fused-ring (bicyclic) bond motifs is 1. The Morgan fingerprint density at radius 2 is 1.89 bits per heavy atom. The Hall–Kier alpha value is -3.32. The molecule has 4 rings (SSSR count). The molecule has 3 heterocycles. The van der Waals surface area contributed by atoms with Crippen molar-refractivity contribution in [3.8, 4) is 22.4 Å². The molecule has 28 heavy (non-hydrogen) atoms. The zero-order chi connectivity index (χ0) is 19.8. The monoisotopic (exact) mass is 392 g/mol. The Labute approximate surface area is 165 Å². The average Bonchev–Trinajstić information content (AvgIpc) is 2.68. The number of hydrogen-bond donors (Lipinski definition) is 1. The fourth-order valence-electron chi connectivity index (χ4n) is 3.23. The summed E-state index contributed by atoms with van der Waals surface area (Å²) in [5.74, 6) is 0.128. The van der Waals surface area contributed by atoms with Gasteiger partial charge in [-0.05, 0) is 26.0 Å². The van der Waals surface area contributed by atoms with E-state index in [0.29, 0.717) is 28.3 Å². The van der Waals surface area contributed by atoms with E-state index in [1.807, 2.05) is 26.0 Å². The van der Waals surface area contributed by atoms with Crippen LogP contribution in [-0.2, 0) is 6.54 Å². The van der Waals surface area contributed by atoms with Crippen LogP contribution in [0.5, 0.6) is 0 Å². The molecule has 0 radical (unpaired) electrons. The van der Waals surface area contributed by atoms with Crippen LogP contribution in [0.2, 0.25) is 5.02 Å². The number of aromatic nitrogens is 5. The molecule has 0 saturated carbocycles. The first kappa shape index (κ1) is 18.1. The third-order valence-electron chi connectivity index (χ3n) is 4.58. The van der Waals surface area contributed by atoms with Gasteiger partial charge >= 0.3 is 0 Å². The van der Waals surface area contributed by atoms with E-state index in [1.54, 1.807) is 35.3 Å². The molecule has 0 aliphatic carbocycles. The van der Waals surface area contributed by atoms with Crippen molar-refractivity contribution in [3.63, 3.8) is 0 Å². The molecule has 0 aliphatic heterocycles. The molecule has 4 aromatic rings. The Kier molecular flexibility index (Phi) is 4.52. The molecule has 0 spiro atoms. The lowest BCUT2D eigenvalue weighted by atomic mass is 10.0. The van der Waals surface area contributed by atoms with Gasteiger partial charge in [0, 0.05) is 52.2 Å². The molecule has 8 heteroatoms. The quantitative estimate of drug-likeness (QED) is 0.573. The van der Waals surface area contributed by atoms with Crippen molar-refractivity contribution in [1.82, 2.24) is 24.5 Å². The molecule has 3 aromatic heterocycles. The van der Waals surface area contributed by atoms with Gasteiger partial charge in [-0.1, -0.05) is 23.7 Å². The summed E-state index contributed by atoms with van der Waals surface area (Å²) in [6, 6.07) is 7.26. The van der Waals surface area contributed by atoms with Crippen LogP contribution in [0.25, 0.3) is 33.4 Å². The molecule has 0 bridgehead atoms. The third kappa shape index (κ3) is 2.99. The Bertz CT molecular complexity index is 1270. The van der Waals surface area contributed by atoms with Crippen molar-refractivity contribution in [2.24, 2.45) is 0 Å².